The summed E-state index contributed by atoms with van der Waals surface area (Å²) in [5.74, 6) is -2.38. The maximum absolute atomic E-state index is 13.2. The summed E-state index contributed by atoms with van der Waals surface area (Å²) in [4.78, 5) is -0.166. The first kappa shape index (κ1) is 11.5. The van der Waals surface area contributed by atoms with Crippen molar-refractivity contribution in [1.82, 2.24) is 10.2 Å². The average molecular weight is 259 g/mol. The number of hydrogen-bond donors (Lipinski definition) is 2. The molecule has 2 rings (SSSR count). The molecule has 90 valence electrons. The molecule has 0 aliphatic carbocycles. The summed E-state index contributed by atoms with van der Waals surface area (Å²) in [6.45, 7) is 0. The number of hydrogen-bond acceptors (Lipinski definition) is 3. The summed E-state index contributed by atoms with van der Waals surface area (Å²) >= 11 is 0. The van der Waals surface area contributed by atoms with Gasteiger partial charge in [-0.1, -0.05) is 6.07 Å². The molecule has 0 amide bonds. The molecule has 2 N–H and O–H groups in total. The fourth-order valence-electron chi connectivity index (χ4n) is 1.17. The molecule has 1 aromatic heterocycles. The van der Waals surface area contributed by atoms with Crippen LogP contribution in [0.5, 0.6) is 0 Å². The van der Waals surface area contributed by atoms with E-state index in [-0.39, 0.29) is 4.90 Å². The summed E-state index contributed by atoms with van der Waals surface area (Å²) in [7, 11) is -3.96. The fourth-order valence-corrected chi connectivity index (χ4v) is 2.14. The van der Waals surface area contributed by atoms with E-state index in [9.17, 15) is 17.2 Å². The van der Waals surface area contributed by atoms with Crippen molar-refractivity contribution in [3.63, 3.8) is 0 Å². The van der Waals surface area contributed by atoms with Crippen LogP contribution >= 0.6 is 0 Å². The SMILES string of the molecule is O=S(=O)(Nc1cccc(F)c1F)c1cn[nH]c1. The van der Waals surface area contributed by atoms with Crippen LogP contribution in [-0.2, 0) is 10.0 Å². The Kier molecular flexibility index (Phi) is 2.80. The zero-order chi connectivity index (χ0) is 12.5. The monoisotopic (exact) mass is 259 g/mol. The molecule has 0 aliphatic rings. The van der Waals surface area contributed by atoms with E-state index in [1.54, 1.807) is 0 Å². The van der Waals surface area contributed by atoms with E-state index in [1.807, 2.05) is 4.72 Å². The number of anilines is 1. The third kappa shape index (κ3) is 2.26. The molecule has 0 saturated heterocycles. The zero-order valence-electron chi connectivity index (χ0n) is 8.31. The fraction of sp³-hybridized carbons (Fsp3) is 0. The average Bonchev–Trinajstić information content (AvgIpc) is 2.78. The van der Waals surface area contributed by atoms with Crippen LogP contribution in [0, 0.1) is 11.6 Å². The first-order valence-electron chi connectivity index (χ1n) is 4.46. The molecule has 1 heterocycles. The van der Waals surface area contributed by atoms with Gasteiger partial charge in [-0.05, 0) is 12.1 Å². The predicted octanol–water partition coefficient (Wildman–Crippen LogP) is 1.49. The normalized spacial score (nSPS) is 11.4. The van der Waals surface area contributed by atoms with Gasteiger partial charge in [0.25, 0.3) is 10.0 Å². The Balaban J connectivity index is 2.37. The highest BCUT2D eigenvalue weighted by Gasteiger charge is 2.18. The summed E-state index contributed by atoms with van der Waals surface area (Å²) in [5.41, 5.74) is -0.453. The van der Waals surface area contributed by atoms with E-state index in [4.69, 9.17) is 0 Å². The molecule has 1 aromatic carbocycles. The van der Waals surface area contributed by atoms with Gasteiger partial charge in [0.15, 0.2) is 11.6 Å². The van der Waals surface area contributed by atoms with Gasteiger partial charge in [-0.25, -0.2) is 17.2 Å². The molecule has 0 aliphatic heterocycles. The van der Waals surface area contributed by atoms with Gasteiger partial charge in [0.05, 0.1) is 11.9 Å². The highest BCUT2D eigenvalue weighted by Crippen LogP contribution is 2.20. The number of nitrogens with one attached hydrogen (secondary N) is 2. The maximum Gasteiger partial charge on any atom is 0.265 e. The molecule has 0 fully saturated rings. The minimum Gasteiger partial charge on any atom is -0.284 e. The lowest BCUT2D eigenvalue weighted by molar-refractivity contribution is 0.511. The number of aromatic nitrogens is 2. The Morgan fingerprint density at radius 2 is 2.06 bits per heavy atom. The lowest BCUT2D eigenvalue weighted by atomic mass is 10.3. The van der Waals surface area contributed by atoms with Crippen LogP contribution in [0.25, 0.3) is 0 Å². The quantitative estimate of drug-likeness (QED) is 0.876. The van der Waals surface area contributed by atoms with Crippen molar-refractivity contribution in [2.24, 2.45) is 0 Å². The summed E-state index contributed by atoms with van der Waals surface area (Å²) in [6.07, 6.45) is 2.18. The highest BCUT2D eigenvalue weighted by molar-refractivity contribution is 7.92. The Morgan fingerprint density at radius 3 is 2.71 bits per heavy atom. The first-order chi connectivity index (χ1) is 8.00. The molecule has 0 radical (unpaired) electrons. The Bertz CT molecular complexity index is 626. The Hall–Kier alpha value is -1.96. The second kappa shape index (κ2) is 4.13. The third-order valence-corrected chi connectivity index (χ3v) is 3.31. The molecule has 5 nitrogen and oxygen atoms in total. The maximum atomic E-state index is 13.2. The van der Waals surface area contributed by atoms with E-state index in [0.29, 0.717) is 0 Å². The minimum absolute atomic E-state index is 0.166. The van der Waals surface area contributed by atoms with Gasteiger partial charge < -0.3 is 0 Å². The Morgan fingerprint density at radius 1 is 1.29 bits per heavy atom. The third-order valence-electron chi connectivity index (χ3n) is 1.98. The van der Waals surface area contributed by atoms with Crippen LogP contribution in [0.4, 0.5) is 14.5 Å². The van der Waals surface area contributed by atoms with Crippen molar-refractivity contribution in [3.8, 4) is 0 Å². The van der Waals surface area contributed by atoms with Gasteiger partial charge in [-0.15, -0.1) is 0 Å². The van der Waals surface area contributed by atoms with Crippen molar-refractivity contribution < 1.29 is 17.2 Å². The van der Waals surface area contributed by atoms with Crippen LogP contribution in [-0.4, -0.2) is 18.6 Å². The van der Waals surface area contributed by atoms with Gasteiger partial charge in [-0.3, -0.25) is 9.82 Å². The standard InChI is InChI=1S/C9H7F2N3O2S/c10-7-2-1-3-8(9(7)11)14-17(15,16)6-4-12-13-5-6/h1-5,14H,(H,12,13). The van der Waals surface area contributed by atoms with Crippen LogP contribution in [0.2, 0.25) is 0 Å². The lowest BCUT2D eigenvalue weighted by Crippen LogP contribution is -2.13. The number of aromatic amines is 1. The highest BCUT2D eigenvalue weighted by atomic mass is 32.2. The second-order valence-corrected chi connectivity index (χ2v) is 4.82. The van der Waals surface area contributed by atoms with Gasteiger partial charge in [0.1, 0.15) is 4.90 Å². The van der Waals surface area contributed by atoms with Crippen LogP contribution in [0.15, 0.2) is 35.5 Å². The summed E-state index contributed by atoms with van der Waals surface area (Å²) in [5, 5.41) is 5.77. The first-order valence-corrected chi connectivity index (χ1v) is 5.94. The number of nitrogens with zero attached hydrogens (tertiary/aromatic N) is 1. The summed E-state index contributed by atoms with van der Waals surface area (Å²) in [6, 6.07) is 3.21. The van der Waals surface area contributed by atoms with Gasteiger partial charge in [0.2, 0.25) is 0 Å². The summed E-state index contributed by atoms with van der Waals surface area (Å²) < 4.78 is 51.4. The van der Waals surface area contributed by atoms with Crippen molar-refractivity contribution in [2.45, 2.75) is 4.90 Å². The molecule has 0 unspecified atom stereocenters. The topological polar surface area (TPSA) is 74.8 Å². The molecule has 8 heteroatoms. The lowest BCUT2D eigenvalue weighted by Gasteiger charge is -2.07. The van der Waals surface area contributed by atoms with E-state index in [2.05, 4.69) is 10.2 Å². The van der Waals surface area contributed by atoms with E-state index in [1.165, 1.54) is 6.07 Å². The van der Waals surface area contributed by atoms with E-state index in [0.717, 1.165) is 24.5 Å². The molecule has 0 atom stereocenters. The second-order valence-electron chi connectivity index (χ2n) is 3.14. The molecular weight excluding hydrogens is 252 g/mol. The van der Waals surface area contributed by atoms with Crippen LogP contribution < -0.4 is 4.72 Å². The van der Waals surface area contributed by atoms with Crippen LogP contribution in [0.3, 0.4) is 0 Å². The van der Waals surface area contributed by atoms with E-state index >= 15 is 0 Å². The largest absolute Gasteiger partial charge is 0.284 e. The van der Waals surface area contributed by atoms with Crippen molar-refractivity contribution in [2.75, 3.05) is 4.72 Å². The molecular formula is C9H7F2N3O2S. The van der Waals surface area contributed by atoms with Crippen molar-refractivity contribution in [1.29, 1.82) is 0 Å². The Labute approximate surface area is 95.5 Å². The number of benzene rings is 1. The zero-order valence-corrected chi connectivity index (χ0v) is 9.13. The van der Waals surface area contributed by atoms with Crippen LogP contribution in [0.1, 0.15) is 0 Å². The van der Waals surface area contributed by atoms with Gasteiger partial charge >= 0.3 is 0 Å². The molecule has 2 aromatic rings. The van der Waals surface area contributed by atoms with E-state index < -0.39 is 27.3 Å². The number of H-pyrrole nitrogens is 1. The van der Waals surface area contributed by atoms with Gasteiger partial charge in [0, 0.05) is 6.20 Å². The number of sulfonamides is 1. The minimum atomic E-state index is -3.96. The molecule has 0 spiro atoms. The van der Waals surface area contributed by atoms with Crippen molar-refractivity contribution in [3.05, 3.63) is 42.2 Å². The molecule has 0 bridgehead atoms. The molecule has 0 saturated carbocycles. The predicted molar refractivity (Wildman–Crippen MR) is 55.8 cm³/mol. The van der Waals surface area contributed by atoms with Crippen molar-refractivity contribution >= 4 is 15.7 Å². The number of halogens is 2. The molecule has 17 heavy (non-hydrogen) atoms. The number of rotatable bonds is 3. The smallest absolute Gasteiger partial charge is 0.265 e. The van der Waals surface area contributed by atoms with Gasteiger partial charge in [-0.2, -0.15) is 5.10 Å².